The maximum absolute atomic E-state index is 11.3. The Bertz CT molecular complexity index is 346. The highest BCUT2D eigenvalue weighted by Gasteiger charge is 2.13. The van der Waals surface area contributed by atoms with Gasteiger partial charge < -0.3 is 4.74 Å². The summed E-state index contributed by atoms with van der Waals surface area (Å²) in [6, 6.07) is 3.20. The largest absolute Gasteiger partial charge is 0.469 e. The van der Waals surface area contributed by atoms with Crippen molar-refractivity contribution in [1.82, 2.24) is 10.2 Å². The van der Waals surface area contributed by atoms with Gasteiger partial charge in [-0.1, -0.05) is 0 Å². The topological polar surface area (TPSA) is 69.2 Å². The van der Waals surface area contributed by atoms with E-state index in [0.717, 1.165) is 5.69 Å². The molecule has 0 aliphatic carbocycles. The molecule has 0 atom stereocenters. The fourth-order valence-electron chi connectivity index (χ4n) is 0.841. The molecule has 0 amide bonds. The van der Waals surface area contributed by atoms with Gasteiger partial charge in [-0.2, -0.15) is 5.10 Å². The second-order valence-corrected chi connectivity index (χ2v) is 2.74. The third-order valence-electron chi connectivity index (χ3n) is 1.62. The van der Waals surface area contributed by atoms with Gasteiger partial charge in [0.05, 0.1) is 12.8 Å². The molecule has 0 N–H and O–H groups in total. The van der Waals surface area contributed by atoms with Crippen LogP contribution >= 0.6 is 0 Å². The van der Waals surface area contributed by atoms with Gasteiger partial charge in [0, 0.05) is 0 Å². The number of hydrogen-bond donors (Lipinski definition) is 0. The maximum atomic E-state index is 11.3. The first-order valence-electron chi connectivity index (χ1n) is 4.04. The predicted octanol–water partition coefficient (Wildman–Crippen LogP) is 0.531. The van der Waals surface area contributed by atoms with Crippen molar-refractivity contribution in [2.45, 2.75) is 13.3 Å². The molecule has 0 saturated heterocycles. The molecule has 14 heavy (non-hydrogen) atoms. The van der Waals surface area contributed by atoms with Crippen molar-refractivity contribution in [3.05, 3.63) is 23.5 Å². The summed E-state index contributed by atoms with van der Waals surface area (Å²) in [6.07, 6.45) is -0.297. The van der Waals surface area contributed by atoms with Crippen LogP contribution in [0.1, 0.15) is 22.6 Å². The van der Waals surface area contributed by atoms with Crippen LogP contribution in [-0.2, 0) is 9.53 Å². The lowest BCUT2D eigenvalue weighted by Crippen LogP contribution is -2.11. The number of aryl methyl sites for hydroxylation is 1. The molecule has 0 aliphatic heterocycles. The number of aromatic nitrogens is 2. The van der Waals surface area contributed by atoms with Crippen LogP contribution < -0.4 is 0 Å². The third kappa shape index (κ3) is 2.62. The van der Waals surface area contributed by atoms with E-state index in [1.54, 1.807) is 13.0 Å². The van der Waals surface area contributed by atoms with E-state index in [9.17, 15) is 9.59 Å². The number of ether oxygens (including phenoxy) is 1. The number of nitrogens with zero attached hydrogens (tertiary/aromatic N) is 2. The van der Waals surface area contributed by atoms with Gasteiger partial charge in [-0.15, -0.1) is 5.10 Å². The van der Waals surface area contributed by atoms with Crippen LogP contribution in [0.4, 0.5) is 0 Å². The van der Waals surface area contributed by atoms with Crippen molar-refractivity contribution in [3.63, 3.8) is 0 Å². The van der Waals surface area contributed by atoms with E-state index in [2.05, 4.69) is 14.9 Å². The van der Waals surface area contributed by atoms with E-state index in [1.165, 1.54) is 13.2 Å². The molecule has 1 rings (SSSR count). The van der Waals surface area contributed by atoms with Crippen LogP contribution in [0.15, 0.2) is 12.1 Å². The quantitative estimate of drug-likeness (QED) is 0.399. The molecule has 0 saturated carbocycles. The number of carbonyl (C=O) groups is 2. The molecule has 0 aliphatic rings. The lowest BCUT2D eigenvalue weighted by Gasteiger charge is -1.98. The summed E-state index contributed by atoms with van der Waals surface area (Å²) in [4.78, 5) is 22.1. The van der Waals surface area contributed by atoms with Crippen LogP contribution in [0, 0.1) is 6.92 Å². The molecule has 0 spiro atoms. The minimum atomic E-state index is -0.572. The van der Waals surface area contributed by atoms with Crippen molar-refractivity contribution in [2.75, 3.05) is 7.11 Å². The number of rotatable bonds is 3. The van der Waals surface area contributed by atoms with Gasteiger partial charge in [0.2, 0.25) is 0 Å². The second-order valence-electron chi connectivity index (χ2n) is 2.74. The maximum Gasteiger partial charge on any atom is 0.313 e. The molecule has 1 aromatic heterocycles. The molecule has 1 heterocycles. The van der Waals surface area contributed by atoms with Crippen LogP contribution in [-0.4, -0.2) is 29.1 Å². The average Bonchev–Trinajstić information content (AvgIpc) is 2.18. The summed E-state index contributed by atoms with van der Waals surface area (Å²) in [5.41, 5.74) is 0.903. The number of ketones is 1. The number of carbonyl (C=O) groups excluding carboxylic acids is 2. The van der Waals surface area contributed by atoms with Gasteiger partial charge in [0.1, 0.15) is 12.1 Å². The molecule has 0 fully saturated rings. The predicted molar refractivity (Wildman–Crippen MR) is 47.7 cm³/mol. The van der Waals surface area contributed by atoms with Gasteiger partial charge in [-0.3, -0.25) is 9.59 Å². The Hall–Kier alpha value is -1.78. The molecule has 0 unspecified atom stereocenters. The molecule has 0 radical (unpaired) electrons. The Morgan fingerprint density at radius 1 is 1.36 bits per heavy atom. The Kier molecular flexibility index (Phi) is 3.28. The summed E-state index contributed by atoms with van der Waals surface area (Å²) in [5, 5.41) is 7.37. The first-order chi connectivity index (χ1) is 6.63. The van der Waals surface area contributed by atoms with Crippen molar-refractivity contribution < 1.29 is 14.3 Å². The molecule has 0 bridgehead atoms. The fraction of sp³-hybridized carbons (Fsp3) is 0.333. The lowest BCUT2D eigenvalue weighted by molar-refractivity contribution is -0.139. The molecule has 5 nitrogen and oxygen atoms in total. The van der Waals surface area contributed by atoms with Gasteiger partial charge in [0.15, 0.2) is 5.78 Å². The SMILES string of the molecule is COC(=O)CC(=O)c1ccc(C)nn1. The van der Waals surface area contributed by atoms with E-state index in [4.69, 9.17) is 0 Å². The Labute approximate surface area is 81.1 Å². The molecule has 5 heteroatoms. The zero-order chi connectivity index (χ0) is 10.6. The van der Waals surface area contributed by atoms with Gasteiger partial charge >= 0.3 is 5.97 Å². The highest BCUT2D eigenvalue weighted by molar-refractivity contribution is 6.04. The Morgan fingerprint density at radius 2 is 2.07 bits per heavy atom. The highest BCUT2D eigenvalue weighted by atomic mass is 16.5. The summed E-state index contributed by atoms with van der Waals surface area (Å²) >= 11 is 0. The standard InChI is InChI=1S/C9H10N2O3/c1-6-3-4-7(11-10-6)8(12)5-9(13)14-2/h3-4H,5H2,1-2H3. The van der Waals surface area contributed by atoms with Crippen LogP contribution in [0.3, 0.4) is 0 Å². The van der Waals surface area contributed by atoms with Crippen LogP contribution in [0.5, 0.6) is 0 Å². The number of methoxy groups -OCH3 is 1. The van der Waals surface area contributed by atoms with E-state index in [-0.39, 0.29) is 17.9 Å². The van der Waals surface area contributed by atoms with E-state index in [1.807, 2.05) is 0 Å². The molecular weight excluding hydrogens is 184 g/mol. The van der Waals surface area contributed by atoms with Gasteiger partial charge in [-0.05, 0) is 19.1 Å². The van der Waals surface area contributed by atoms with Crippen molar-refractivity contribution in [3.8, 4) is 0 Å². The summed E-state index contributed by atoms with van der Waals surface area (Å²) < 4.78 is 4.36. The van der Waals surface area contributed by atoms with Crippen molar-refractivity contribution in [1.29, 1.82) is 0 Å². The zero-order valence-corrected chi connectivity index (χ0v) is 7.98. The van der Waals surface area contributed by atoms with Gasteiger partial charge in [-0.25, -0.2) is 0 Å². The lowest BCUT2D eigenvalue weighted by atomic mass is 10.2. The molecule has 1 aromatic rings. The van der Waals surface area contributed by atoms with Crippen LogP contribution in [0.2, 0.25) is 0 Å². The minimum absolute atomic E-state index is 0.181. The summed E-state index contributed by atoms with van der Waals surface area (Å²) in [7, 11) is 1.23. The summed E-state index contributed by atoms with van der Waals surface area (Å²) in [5.74, 6) is -0.957. The van der Waals surface area contributed by atoms with E-state index >= 15 is 0 Å². The first-order valence-corrected chi connectivity index (χ1v) is 4.04. The normalized spacial score (nSPS) is 9.57. The van der Waals surface area contributed by atoms with Crippen molar-refractivity contribution in [2.24, 2.45) is 0 Å². The number of hydrogen-bond acceptors (Lipinski definition) is 5. The zero-order valence-electron chi connectivity index (χ0n) is 7.98. The number of Topliss-reactive ketones (excluding diaryl/α,β-unsaturated/α-hetero) is 1. The van der Waals surface area contributed by atoms with Crippen molar-refractivity contribution >= 4 is 11.8 Å². The van der Waals surface area contributed by atoms with E-state index in [0.29, 0.717) is 0 Å². The van der Waals surface area contributed by atoms with Crippen LogP contribution in [0.25, 0.3) is 0 Å². The molecule has 0 aromatic carbocycles. The van der Waals surface area contributed by atoms with E-state index < -0.39 is 5.97 Å². The number of esters is 1. The summed E-state index contributed by atoms with van der Waals surface area (Å²) in [6.45, 7) is 1.77. The Morgan fingerprint density at radius 3 is 2.57 bits per heavy atom. The molecule has 74 valence electrons. The Balaban J connectivity index is 2.70. The second kappa shape index (κ2) is 4.45. The first kappa shape index (κ1) is 10.3. The average molecular weight is 194 g/mol. The smallest absolute Gasteiger partial charge is 0.313 e. The minimum Gasteiger partial charge on any atom is -0.469 e. The third-order valence-corrected chi connectivity index (χ3v) is 1.62. The fourth-order valence-corrected chi connectivity index (χ4v) is 0.841. The monoisotopic (exact) mass is 194 g/mol. The highest BCUT2D eigenvalue weighted by Crippen LogP contribution is 2.00. The molecular formula is C9H10N2O3. The van der Waals surface area contributed by atoms with Gasteiger partial charge in [0.25, 0.3) is 0 Å².